The van der Waals surface area contributed by atoms with Gasteiger partial charge in [0, 0.05) is 20.2 Å². The number of carbonyl (C=O) groups excluding carboxylic acids is 2. The van der Waals surface area contributed by atoms with Gasteiger partial charge in [0.15, 0.2) is 0 Å². The predicted molar refractivity (Wildman–Crippen MR) is 59.3 cm³/mol. The van der Waals surface area contributed by atoms with E-state index in [1.165, 1.54) is 12.0 Å². The molecule has 6 nitrogen and oxygen atoms in total. The van der Waals surface area contributed by atoms with Crippen LogP contribution in [0.4, 0.5) is 0 Å². The highest BCUT2D eigenvalue weighted by molar-refractivity contribution is 5.71. The topological polar surface area (TPSA) is 76.1 Å². The van der Waals surface area contributed by atoms with Crippen molar-refractivity contribution in [2.24, 2.45) is 0 Å². The van der Waals surface area contributed by atoms with E-state index in [-0.39, 0.29) is 19.6 Å². The second-order valence-electron chi connectivity index (χ2n) is 4.16. The fraction of sp³-hybridized carbons (Fsp3) is 0.818. The molecule has 98 valence electrons. The number of rotatable bonds is 5. The summed E-state index contributed by atoms with van der Waals surface area (Å²) in [6.07, 6.45) is 0.358. The largest absolute Gasteiger partial charge is 0.466 e. The minimum absolute atomic E-state index is 0.105. The van der Waals surface area contributed by atoms with Crippen molar-refractivity contribution in [2.45, 2.75) is 31.5 Å². The summed E-state index contributed by atoms with van der Waals surface area (Å²) in [6.45, 7) is 2.70. The number of amides is 1. The summed E-state index contributed by atoms with van der Waals surface area (Å²) < 4.78 is 9.98. The van der Waals surface area contributed by atoms with Crippen LogP contribution in [0.2, 0.25) is 0 Å². The molecular weight excluding hydrogens is 226 g/mol. The number of piperidine rings is 1. The number of nitrogens with zero attached hydrogens (tertiary/aromatic N) is 1. The van der Waals surface area contributed by atoms with Crippen molar-refractivity contribution in [1.29, 1.82) is 0 Å². The standard InChI is InChI=1S/C11H19NO5/c1-3-17-10(14)6-11(15)4-5-12(8-13)7-9(11)16-2/h8-9,15H,3-7H2,1-2H3. The van der Waals surface area contributed by atoms with Gasteiger partial charge in [0.2, 0.25) is 6.41 Å². The lowest BCUT2D eigenvalue weighted by Gasteiger charge is -2.41. The third-order valence-corrected chi connectivity index (χ3v) is 3.02. The van der Waals surface area contributed by atoms with Gasteiger partial charge in [0.1, 0.15) is 11.7 Å². The van der Waals surface area contributed by atoms with Crippen LogP contribution in [0.25, 0.3) is 0 Å². The molecule has 6 heteroatoms. The van der Waals surface area contributed by atoms with Crippen LogP contribution in [0, 0.1) is 0 Å². The first-order valence-electron chi connectivity index (χ1n) is 5.66. The van der Waals surface area contributed by atoms with Crippen molar-refractivity contribution in [1.82, 2.24) is 4.90 Å². The van der Waals surface area contributed by atoms with E-state index in [9.17, 15) is 14.7 Å². The summed E-state index contributed by atoms with van der Waals surface area (Å²) in [5.41, 5.74) is -1.25. The molecule has 0 spiro atoms. The number of hydrogen-bond acceptors (Lipinski definition) is 5. The zero-order valence-corrected chi connectivity index (χ0v) is 10.2. The van der Waals surface area contributed by atoms with Gasteiger partial charge in [-0.15, -0.1) is 0 Å². The minimum Gasteiger partial charge on any atom is -0.466 e. The summed E-state index contributed by atoms with van der Waals surface area (Å²) in [5, 5.41) is 10.4. The number of esters is 1. The molecule has 0 aliphatic carbocycles. The van der Waals surface area contributed by atoms with Gasteiger partial charge < -0.3 is 19.5 Å². The van der Waals surface area contributed by atoms with E-state index < -0.39 is 17.7 Å². The van der Waals surface area contributed by atoms with E-state index in [2.05, 4.69) is 0 Å². The fourth-order valence-corrected chi connectivity index (χ4v) is 2.03. The molecule has 1 aliphatic heterocycles. The molecule has 17 heavy (non-hydrogen) atoms. The molecule has 0 bridgehead atoms. The average molecular weight is 245 g/mol. The Morgan fingerprint density at radius 2 is 2.35 bits per heavy atom. The van der Waals surface area contributed by atoms with Crippen molar-refractivity contribution >= 4 is 12.4 Å². The lowest BCUT2D eigenvalue weighted by molar-refractivity contribution is -0.167. The van der Waals surface area contributed by atoms with Gasteiger partial charge in [-0.25, -0.2) is 0 Å². The normalized spacial score (nSPS) is 28.9. The summed E-state index contributed by atoms with van der Waals surface area (Å²) in [7, 11) is 1.45. The van der Waals surface area contributed by atoms with Crippen LogP contribution in [0.5, 0.6) is 0 Å². The molecule has 0 aromatic carbocycles. The Balaban J connectivity index is 2.66. The molecule has 0 aromatic rings. The minimum atomic E-state index is -1.25. The molecule has 0 radical (unpaired) electrons. The van der Waals surface area contributed by atoms with E-state index in [1.807, 2.05) is 0 Å². The molecule has 0 aromatic heterocycles. The Morgan fingerprint density at radius 1 is 1.65 bits per heavy atom. The molecule has 1 aliphatic rings. The van der Waals surface area contributed by atoms with Gasteiger partial charge in [-0.05, 0) is 13.3 Å². The second kappa shape index (κ2) is 5.97. The van der Waals surface area contributed by atoms with Gasteiger partial charge in [-0.3, -0.25) is 9.59 Å². The molecule has 1 N–H and O–H groups in total. The first kappa shape index (κ1) is 13.9. The third kappa shape index (κ3) is 3.41. The number of carbonyl (C=O) groups is 2. The highest BCUT2D eigenvalue weighted by Crippen LogP contribution is 2.28. The van der Waals surface area contributed by atoms with Crippen LogP contribution in [-0.4, -0.2) is 60.9 Å². The molecule has 1 saturated heterocycles. The molecule has 2 unspecified atom stereocenters. The third-order valence-electron chi connectivity index (χ3n) is 3.02. The van der Waals surface area contributed by atoms with Crippen molar-refractivity contribution in [3.8, 4) is 0 Å². The first-order valence-corrected chi connectivity index (χ1v) is 5.66. The molecule has 1 heterocycles. The van der Waals surface area contributed by atoms with E-state index in [0.717, 1.165) is 6.41 Å². The quantitative estimate of drug-likeness (QED) is 0.524. The summed E-state index contributed by atoms with van der Waals surface area (Å²) in [4.78, 5) is 23.6. The molecule has 1 rings (SSSR count). The number of likely N-dealkylation sites (tertiary alicyclic amines) is 1. The summed E-state index contributed by atoms with van der Waals surface area (Å²) in [5.74, 6) is -0.448. The van der Waals surface area contributed by atoms with E-state index >= 15 is 0 Å². The number of ether oxygens (including phenoxy) is 2. The van der Waals surface area contributed by atoms with Gasteiger partial charge in [0.25, 0.3) is 0 Å². The lowest BCUT2D eigenvalue weighted by Crippen LogP contribution is -2.56. The van der Waals surface area contributed by atoms with Crippen molar-refractivity contribution in [3.05, 3.63) is 0 Å². The van der Waals surface area contributed by atoms with Gasteiger partial charge >= 0.3 is 5.97 Å². The smallest absolute Gasteiger partial charge is 0.308 e. The van der Waals surface area contributed by atoms with E-state index in [0.29, 0.717) is 13.0 Å². The molecule has 1 fully saturated rings. The van der Waals surface area contributed by atoms with E-state index in [1.54, 1.807) is 6.92 Å². The van der Waals surface area contributed by atoms with Crippen LogP contribution in [0.3, 0.4) is 0 Å². The average Bonchev–Trinajstić information content (AvgIpc) is 2.29. The molecule has 1 amide bonds. The Hall–Kier alpha value is -1.14. The highest BCUT2D eigenvalue weighted by Gasteiger charge is 2.43. The number of methoxy groups -OCH3 is 1. The lowest BCUT2D eigenvalue weighted by atomic mass is 9.85. The van der Waals surface area contributed by atoms with Crippen molar-refractivity contribution in [3.63, 3.8) is 0 Å². The van der Waals surface area contributed by atoms with Gasteiger partial charge in [-0.2, -0.15) is 0 Å². The van der Waals surface area contributed by atoms with Crippen LogP contribution in [-0.2, 0) is 19.1 Å². The SMILES string of the molecule is CCOC(=O)CC1(O)CCN(C=O)CC1OC. The number of aliphatic hydroxyl groups is 1. The van der Waals surface area contributed by atoms with Crippen molar-refractivity contribution in [2.75, 3.05) is 26.8 Å². The van der Waals surface area contributed by atoms with Crippen molar-refractivity contribution < 1.29 is 24.2 Å². The first-order chi connectivity index (χ1) is 8.05. The maximum absolute atomic E-state index is 11.4. The van der Waals surface area contributed by atoms with Gasteiger partial charge in [0.05, 0.1) is 13.0 Å². The fourth-order valence-electron chi connectivity index (χ4n) is 2.03. The Labute approximate surface area is 100 Å². The zero-order valence-electron chi connectivity index (χ0n) is 10.2. The maximum atomic E-state index is 11.4. The molecule has 2 atom stereocenters. The summed E-state index contributed by atoms with van der Waals surface area (Å²) in [6, 6.07) is 0. The number of hydrogen-bond donors (Lipinski definition) is 1. The summed E-state index contributed by atoms with van der Waals surface area (Å²) >= 11 is 0. The Kier molecular flexibility index (Phi) is 4.89. The van der Waals surface area contributed by atoms with Gasteiger partial charge in [-0.1, -0.05) is 0 Å². The monoisotopic (exact) mass is 245 g/mol. The Bertz CT molecular complexity index is 283. The highest BCUT2D eigenvalue weighted by atomic mass is 16.5. The molecular formula is C11H19NO5. The zero-order chi connectivity index (χ0) is 12.9. The van der Waals surface area contributed by atoms with Crippen LogP contribution in [0.1, 0.15) is 19.8 Å². The van der Waals surface area contributed by atoms with E-state index in [4.69, 9.17) is 9.47 Å². The predicted octanol–water partition coefficient (Wildman–Crippen LogP) is -0.452. The van der Waals surface area contributed by atoms with Crippen LogP contribution in [0.15, 0.2) is 0 Å². The molecule has 0 saturated carbocycles. The maximum Gasteiger partial charge on any atom is 0.308 e. The van der Waals surface area contributed by atoms with Crippen LogP contribution < -0.4 is 0 Å². The van der Waals surface area contributed by atoms with Crippen LogP contribution >= 0.6 is 0 Å². The Morgan fingerprint density at radius 3 is 2.88 bits per heavy atom. The second-order valence-corrected chi connectivity index (χ2v) is 4.16.